The molecule has 1 amide bonds. The fourth-order valence-electron chi connectivity index (χ4n) is 2.43. The molecule has 0 unspecified atom stereocenters. The van der Waals surface area contributed by atoms with E-state index in [1.807, 2.05) is 0 Å². The van der Waals surface area contributed by atoms with Crippen LogP contribution in [-0.4, -0.2) is 38.5 Å². The number of nitrogens with zero attached hydrogens (tertiary/aromatic N) is 1. The summed E-state index contributed by atoms with van der Waals surface area (Å²) >= 11 is 0. The molecule has 0 spiro atoms. The number of carbonyl (C=O) groups excluding carboxylic acids is 1. The maximum absolute atomic E-state index is 12.9. The maximum atomic E-state index is 12.9. The lowest BCUT2D eigenvalue weighted by Gasteiger charge is -2.35. The van der Waals surface area contributed by atoms with Crippen molar-refractivity contribution in [3.05, 3.63) is 24.3 Å². The standard InChI is InChI=1S/C18H22F3NO7S/c1-10-14-12(27-17(5,6)26-10)8-11(22(7)15(23)28-16(2,3)4)9-13(14)29-30(24,25)18(19,20)21/h8-9H,1H2,2-7H3. The van der Waals surface area contributed by atoms with Gasteiger partial charge in [-0.1, -0.05) is 6.58 Å². The summed E-state index contributed by atoms with van der Waals surface area (Å²) in [6.07, 6.45) is -0.836. The monoisotopic (exact) mass is 453 g/mol. The molecule has 12 heteroatoms. The highest BCUT2D eigenvalue weighted by molar-refractivity contribution is 7.88. The fourth-order valence-corrected chi connectivity index (χ4v) is 2.89. The van der Waals surface area contributed by atoms with Gasteiger partial charge in [-0.05, 0) is 20.8 Å². The van der Waals surface area contributed by atoms with Crippen molar-refractivity contribution >= 4 is 27.7 Å². The van der Waals surface area contributed by atoms with Crippen LogP contribution in [0.5, 0.6) is 11.5 Å². The van der Waals surface area contributed by atoms with Crippen LogP contribution in [0.1, 0.15) is 40.2 Å². The Bertz CT molecular complexity index is 979. The smallest absolute Gasteiger partial charge is 0.453 e. The van der Waals surface area contributed by atoms with Gasteiger partial charge in [0.2, 0.25) is 5.79 Å². The van der Waals surface area contributed by atoms with Gasteiger partial charge in [-0.15, -0.1) is 0 Å². The van der Waals surface area contributed by atoms with Gasteiger partial charge >= 0.3 is 21.7 Å². The minimum atomic E-state index is -6.01. The molecule has 0 radical (unpaired) electrons. The molecule has 8 nitrogen and oxygen atoms in total. The van der Waals surface area contributed by atoms with Gasteiger partial charge in [0.1, 0.15) is 22.7 Å². The summed E-state index contributed by atoms with van der Waals surface area (Å²) in [6.45, 7) is 11.5. The first-order valence-corrected chi connectivity index (χ1v) is 9.96. The van der Waals surface area contributed by atoms with Crippen LogP contribution in [-0.2, 0) is 19.6 Å². The summed E-state index contributed by atoms with van der Waals surface area (Å²) in [5.41, 5.74) is -6.80. The van der Waals surface area contributed by atoms with Gasteiger partial charge < -0.3 is 18.4 Å². The Labute approximate surface area is 172 Å². The normalized spacial score (nSPS) is 16.1. The largest absolute Gasteiger partial charge is 0.534 e. The molecule has 0 N–H and O–H groups in total. The summed E-state index contributed by atoms with van der Waals surface area (Å²) in [5.74, 6) is -2.28. The summed E-state index contributed by atoms with van der Waals surface area (Å²) < 4.78 is 82.2. The van der Waals surface area contributed by atoms with E-state index in [1.165, 1.54) is 27.0 Å². The number of amides is 1. The first kappa shape index (κ1) is 23.6. The zero-order valence-electron chi connectivity index (χ0n) is 17.2. The highest BCUT2D eigenvalue weighted by Crippen LogP contribution is 2.46. The number of alkyl halides is 3. The van der Waals surface area contributed by atoms with E-state index in [4.69, 9.17) is 14.2 Å². The SMILES string of the molecule is C=C1OC(C)(C)Oc2cc(N(C)C(=O)OC(C)(C)C)cc(OS(=O)(=O)C(F)(F)F)c21. The summed E-state index contributed by atoms with van der Waals surface area (Å²) in [7, 11) is -4.73. The van der Waals surface area contributed by atoms with Crippen molar-refractivity contribution in [1.82, 2.24) is 0 Å². The molecule has 1 aromatic carbocycles. The van der Waals surface area contributed by atoms with Crippen molar-refractivity contribution in [2.45, 2.75) is 51.5 Å². The molecule has 0 aliphatic carbocycles. The molecule has 1 aliphatic heterocycles. The zero-order valence-corrected chi connectivity index (χ0v) is 18.0. The molecule has 0 fully saturated rings. The molecule has 0 aromatic heterocycles. The first-order valence-electron chi connectivity index (χ1n) is 8.56. The van der Waals surface area contributed by atoms with E-state index in [2.05, 4.69) is 10.8 Å². The number of ether oxygens (including phenoxy) is 3. The Kier molecular flexibility index (Phi) is 5.72. The van der Waals surface area contributed by atoms with Crippen molar-refractivity contribution in [3.8, 4) is 11.5 Å². The molecule has 0 saturated carbocycles. The average Bonchev–Trinajstić information content (AvgIpc) is 2.48. The molecular weight excluding hydrogens is 431 g/mol. The molecule has 30 heavy (non-hydrogen) atoms. The van der Waals surface area contributed by atoms with Gasteiger partial charge in [0.15, 0.2) is 5.75 Å². The van der Waals surface area contributed by atoms with E-state index < -0.39 is 38.9 Å². The van der Waals surface area contributed by atoms with E-state index >= 15 is 0 Å². The van der Waals surface area contributed by atoms with Gasteiger partial charge in [0, 0.05) is 33.0 Å². The second-order valence-electron chi connectivity index (χ2n) is 7.87. The molecule has 2 rings (SSSR count). The van der Waals surface area contributed by atoms with Gasteiger partial charge in [-0.2, -0.15) is 21.6 Å². The number of hydrogen-bond donors (Lipinski definition) is 0. The third kappa shape index (κ3) is 5.10. The van der Waals surface area contributed by atoms with Crippen molar-refractivity contribution in [3.63, 3.8) is 0 Å². The van der Waals surface area contributed by atoms with Crippen molar-refractivity contribution < 1.29 is 44.8 Å². The molecule has 0 saturated heterocycles. The Morgan fingerprint density at radius 3 is 2.23 bits per heavy atom. The quantitative estimate of drug-likeness (QED) is 0.495. The molecule has 0 bridgehead atoms. The van der Waals surface area contributed by atoms with Gasteiger partial charge in [0.25, 0.3) is 0 Å². The number of benzene rings is 1. The molecular formula is C18H22F3NO7S. The molecule has 1 aliphatic rings. The number of rotatable bonds is 3. The maximum Gasteiger partial charge on any atom is 0.534 e. The lowest BCUT2D eigenvalue weighted by molar-refractivity contribution is -0.112. The van der Waals surface area contributed by atoms with E-state index in [1.54, 1.807) is 20.8 Å². The van der Waals surface area contributed by atoms with Crippen molar-refractivity contribution in [2.75, 3.05) is 11.9 Å². The second-order valence-corrected chi connectivity index (χ2v) is 9.40. The number of halogens is 3. The molecule has 1 heterocycles. The van der Waals surface area contributed by atoms with Crippen LogP contribution in [0.4, 0.5) is 23.7 Å². The van der Waals surface area contributed by atoms with Crippen LogP contribution in [0.15, 0.2) is 18.7 Å². The predicted molar refractivity (Wildman–Crippen MR) is 102 cm³/mol. The summed E-state index contributed by atoms with van der Waals surface area (Å²) in [5, 5.41) is 0. The van der Waals surface area contributed by atoms with Crippen LogP contribution in [0.3, 0.4) is 0 Å². The molecule has 1 aromatic rings. The highest BCUT2D eigenvalue weighted by Gasteiger charge is 2.49. The van der Waals surface area contributed by atoms with E-state index in [-0.39, 0.29) is 22.8 Å². The Hall–Kier alpha value is -2.63. The predicted octanol–water partition coefficient (Wildman–Crippen LogP) is 4.40. The summed E-state index contributed by atoms with van der Waals surface area (Å²) in [4.78, 5) is 13.3. The number of carbonyl (C=O) groups is 1. The van der Waals surface area contributed by atoms with Crippen LogP contribution >= 0.6 is 0 Å². The third-order valence-corrected chi connectivity index (χ3v) is 4.56. The van der Waals surface area contributed by atoms with Gasteiger partial charge in [0.05, 0.1) is 5.69 Å². The number of anilines is 1. The van der Waals surface area contributed by atoms with E-state index in [0.717, 1.165) is 11.0 Å². The van der Waals surface area contributed by atoms with Gasteiger partial charge in [-0.25, -0.2) is 4.79 Å². The Morgan fingerprint density at radius 2 is 1.73 bits per heavy atom. The van der Waals surface area contributed by atoms with Crippen molar-refractivity contribution in [2.24, 2.45) is 0 Å². The lowest BCUT2D eigenvalue weighted by atomic mass is 10.1. The fraction of sp³-hybridized carbons (Fsp3) is 0.500. The average molecular weight is 453 g/mol. The second kappa shape index (κ2) is 7.25. The first-order chi connectivity index (χ1) is 13.3. The Balaban J connectivity index is 2.62. The third-order valence-electron chi connectivity index (χ3n) is 3.59. The molecule has 0 atom stereocenters. The van der Waals surface area contributed by atoms with Crippen LogP contribution in [0, 0.1) is 0 Å². The van der Waals surface area contributed by atoms with Crippen LogP contribution in [0.2, 0.25) is 0 Å². The number of hydrogen-bond acceptors (Lipinski definition) is 7. The van der Waals surface area contributed by atoms with Crippen LogP contribution < -0.4 is 13.8 Å². The van der Waals surface area contributed by atoms with E-state index in [0.29, 0.717) is 0 Å². The molecule has 168 valence electrons. The van der Waals surface area contributed by atoms with Crippen molar-refractivity contribution in [1.29, 1.82) is 0 Å². The Morgan fingerprint density at radius 1 is 1.17 bits per heavy atom. The summed E-state index contributed by atoms with van der Waals surface area (Å²) in [6, 6.07) is 2.23. The topological polar surface area (TPSA) is 91.4 Å². The number of fused-ring (bicyclic) bond motifs is 1. The van der Waals surface area contributed by atoms with Gasteiger partial charge in [-0.3, -0.25) is 4.90 Å². The minimum Gasteiger partial charge on any atom is -0.453 e. The zero-order chi connectivity index (χ0) is 23.3. The highest BCUT2D eigenvalue weighted by atomic mass is 32.2. The van der Waals surface area contributed by atoms with Crippen LogP contribution in [0.25, 0.3) is 5.76 Å². The van der Waals surface area contributed by atoms with E-state index in [9.17, 15) is 26.4 Å². The lowest BCUT2D eigenvalue weighted by Crippen LogP contribution is -2.36. The minimum absolute atomic E-state index is 0.0409.